The Kier molecular flexibility index (Phi) is 9.13. The number of benzene rings is 1. The van der Waals surface area contributed by atoms with Gasteiger partial charge in [0, 0.05) is 45.3 Å². The van der Waals surface area contributed by atoms with Crippen LogP contribution in [0.1, 0.15) is 36.1 Å². The summed E-state index contributed by atoms with van der Waals surface area (Å²) in [6.45, 7) is 2.50. The first-order valence-corrected chi connectivity index (χ1v) is 10.7. The van der Waals surface area contributed by atoms with Crippen LogP contribution < -0.4 is 15.4 Å². The van der Waals surface area contributed by atoms with Crippen LogP contribution in [-0.4, -0.2) is 61.1 Å². The number of likely N-dealkylation sites (tertiary alicyclic amines) is 1. The Balaban J connectivity index is 0.00000181. The smallest absolute Gasteiger partial charge is 0.227 e. The summed E-state index contributed by atoms with van der Waals surface area (Å²) in [7, 11) is 3.93. The van der Waals surface area contributed by atoms with Gasteiger partial charge < -0.3 is 20.3 Å². The highest BCUT2D eigenvalue weighted by Gasteiger charge is 2.44. The summed E-state index contributed by atoms with van der Waals surface area (Å²) in [5.74, 6) is 1.67. The quantitative estimate of drug-likeness (QED) is 0.682. The van der Waals surface area contributed by atoms with Crippen LogP contribution in [0, 0.1) is 0 Å². The Morgan fingerprint density at radius 1 is 1.28 bits per heavy atom. The molecule has 1 unspecified atom stereocenters. The number of aryl methyl sites for hydroxylation is 1. The first kappa shape index (κ1) is 26.2. The third-order valence-electron chi connectivity index (χ3n) is 6.20. The number of piperidine rings is 1. The van der Waals surface area contributed by atoms with E-state index >= 15 is 0 Å². The van der Waals surface area contributed by atoms with Gasteiger partial charge in [-0.05, 0) is 48.9 Å². The molecule has 32 heavy (non-hydrogen) atoms. The normalized spacial score (nSPS) is 19.0. The number of carbonyl (C=O) groups is 1. The SMILES string of the molecule is CN(C)c1ncc2c(n1)C1(CCCN(C(=O)Cc3cccc(OCCN)c3)C1)CC2.Cl.Cl. The van der Waals surface area contributed by atoms with Crippen LogP contribution in [0.5, 0.6) is 5.75 Å². The molecule has 1 atom stereocenters. The summed E-state index contributed by atoms with van der Waals surface area (Å²) >= 11 is 0. The van der Waals surface area contributed by atoms with Crippen molar-refractivity contribution in [2.45, 2.75) is 37.5 Å². The summed E-state index contributed by atoms with van der Waals surface area (Å²) in [5.41, 5.74) is 8.83. The Morgan fingerprint density at radius 2 is 2.09 bits per heavy atom. The summed E-state index contributed by atoms with van der Waals surface area (Å²) < 4.78 is 5.60. The lowest BCUT2D eigenvalue weighted by atomic mass is 9.77. The van der Waals surface area contributed by atoms with Gasteiger partial charge in [0.15, 0.2) is 0 Å². The first-order chi connectivity index (χ1) is 14.5. The van der Waals surface area contributed by atoms with Gasteiger partial charge >= 0.3 is 0 Å². The molecule has 1 aliphatic heterocycles. The number of amides is 1. The predicted octanol–water partition coefficient (Wildman–Crippen LogP) is 2.77. The van der Waals surface area contributed by atoms with E-state index in [2.05, 4.69) is 4.98 Å². The molecule has 1 saturated heterocycles. The molecular formula is C23H33Cl2N5O2. The second-order valence-electron chi connectivity index (χ2n) is 8.60. The Labute approximate surface area is 202 Å². The van der Waals surface area contributed by atoms with Crippen molar-refractivity contribution in [2.24, 2.45) is 5.73 Å². The maximum Gasteiger partial charge on any atom is 0.227 e. The minimum atomic E-state index is -0.0387. The predicted molar refractivity (Wildman–Crippen MR) is 131 cm³/mol. The highest BCUT2D eigenvalue weighted by Crippen LogP contribution is 2.44. The highest BCUT2D eigenvalue weighted by atomic mass is 35.5. The van der Waals surface area contributed by atoms with Crippen LogP contribution >= 0.6 is 24.8 Å². The van der Waals surface area contributed by atoms with Crippen LogP contribution in [0.25, 0.3) is 0 Å². The number of rotatable bonds is 6. The number of carbonyl (C=O) groups excluding carboxylic acids is 1. The molecule has 0 bridgehead atoms. The number of anilines is 1. The number of fused-ring (bicyclic) bond motifs is 2. The van der Waals surface area contributed by atoms with Gasteiger partial charge in [0.05, 0.1) is 12.1 Å². The summed E-state index contributed by atoms with van der Waals surface area (Å²) in [5, 5.41) is 0. The van der Waals surface area contributed by atoms with Gasteiger partial charge in [0.25, 0.3) is 0 Å². The molecule has 176 valence electrons. The minimum absolute atomic E-state index is 0. The molecule has 2 aromatic rings. The Bertz CT molecular complexity index is 923. The number of halogens is 2. The molecule has 9 heteroatoms. The van der Waals surface area contributed by atoms with Crippen molar-refractivity contribution in [1.82, 2.24) is 14.9 Å². The van der Waals surface area contributed by atoms with Crippen molar-refractivity contribution < 1.29 is 9.53 Å². The van der Waals surface area contributed by atoms with Crippen molar-refractivity contribution in [3.8, 4) is 5.75 Å². The van der Waals surface area contributed by atoms with E-state index in [9.17, 15) is 4.79 Å². The lowest BCUT2D eigenvalue weighted by Gasteiger charge is -2.40. The summed E-state index contributed by atoms with van der Waals surface area (Å²) in [6.07, 6.45) is 6.48. The van der Waals surface area contributed by atoms with E-state index < -0.39 is 0 Å². The zero-order valence-corrected chi connectivity index (χ0v) is 20.4. The van der Waals surface area contributed by atoms with Crippen LogP contribution in [0.3, 0.4) is 0 Å². The fraction of sp³-hybridized carbons (Fsp3) is 0.522. The second kappa shape index (κ2) is 11.2. The van der Waals surface area contributed by atoms with Crippen LogP contribution in [0.2, 0.25) is 0 Å². The van der Waals surface area contributed by atoms with Gasteiger partial charge in [-0.25, -0.2) is 9.97 Å². The molecular weight excluding hydrogens is 449 g/mol. The van der Waals surface area contributed by atoms with Crippen LogP contribution in [0.15, 0.2) is 30.5 Å². The topological polar surface area (TPSA) is 84.6 Å². The molecule has 2 N–H and O–H groups in total. The number of nitrogens with two attached hydrogens (primary N) is 1. The second-order valence-corrected chi connectivity index (χ2v) is 8.60. The molecule has 4 rings (SSSR count). The molecule has 2 aliphatic rings. The molecule has 0 saturated carbocycles. The largest absolute Gasteiger partial charge is 0.492 e. The van der Waals surface area contributed by atoms with Gasteiger partial charge in [-0.1, -0.05) is 12.1 Å². The third-order valence-corrected chi connectivity index (χ3v) is 6.20. The van der Waals surface area contributed by atoms with E-state index in [1.807, 2.05) is 54.4 Å². The number of ether oxygens (including phenoxy) is 1. The number of hydrogen-bond donors (Lipinski definition) is 1. The van der Waals surface area contributed by atoms with E-state index in [0.717, 1.165) is 61.7 Å². The lowest BCUT2D eigenvalue weighted by Crippen LogP contribution is -2.48. The molecule has 1 aromatic carbocycles. The first-order valence-electron chi connectivity index (χ1n) is 10.7. The molecule has 1 aromatic heterocycles. The number of aromatic nitrogens is 2. The Hall–Kier alpha value is -2.09. The van der Waals surface area contributed by atoms with E-state index in [4.69, 9.17) is 15.5 Å². The fourth-order valence-electron chi connectivity index (χ4n) is 4.70. The van der Waals surface area contributed by atoms with Gasteiger partial charge in [-0.3, -0.25) is 4.79 Å². The molecule has 7 nitrogen and oxygen atoms in total. The lowest BCUT2D eigenvalue weighted by molar-refractivity contribution is -0.132. The number of hydrogen-bond acceptors (Lipinski definition) is 6. The van der Waals surface area contributed by atoms with Crippen molar-refractivity contribution in [1.29, 1.82) is 0 Å². The van der Waals surface area contributed by atoms with E-state index in [0.29, 0.717) is 19.6 Å². The summed E-state index contributed by atoms with van der Waals surface area (Å²) in [6, 6.07) is 7.75. The third kappa shape index (κ3) is 5.45. The van der Waals surface area contributed by atoms with Crippen LogP contribution in [0.4, 0.5) is 5.95 Å². The van der Waals surface area contributed by atoms with Gasteiger partial charge in [-0.15, -0.1) is 24.8 Å². The zero-order valence-electron chi connectivity index (χ0n) is 18.7. The maximum atomic E-state index is 13.1. The number of nitrogens with zero attached hydrogens (tertiary/aromatic N) is 4. The van der Waals surface area contributed by atoms with E-state index in [1.165, 1.54) is 5.56 Å². The van der Waals surface area contributed by atoms with Gasteiger partial charge in [0.2, 0.25) is 11.9 Å². The van der Waals surface area contributed by atoms with Crippen molar-refractivity contribution in [3.05, 3.63) is 47.3 Å². The fourth-order valence-corrected chi connectivity index (χ4v) is 4.70. The van der Waals surface area contributed by atoms with Crippen molar-refractivity contribution in [2.75, 3.05) is 45.2 Å². The van der Waals surface area contributed by atoms with Gasteiger partial charge in [-0.2, -0.15) is 0 Å². The van der Waals surface area contributed by atoms with Crippen molar-refractivity contribution >= 4 is 36.7 Å². The molecule has 1 aliphatic carbocycles. The average molecular weight is 482 g/mol. The molecule has 1 fully saturated rings. The minimum Gasteiger partial charge on any atom is -0.492 e. The molecule has 2 heterocycles. The molecule has 1 spiro atoms. The highest BCUT2D eigenvalue weighted by molar-refractivity contribution is 5.85. The Morgan fingerprint density at radius 3 is 2.84 bits per heavy atom. The maximum absolute atomic E-state index is 13.1. The van der Waals surface area contributed by atoms with Crippen molar-refractivity contribution in [3.63, 3.8) is 0 Å². The van der Waals surface area contributed by atoms with Gasteiger partial charge in [0.1, 0.15) is 12.4 Å². The molecule has 0 radical (unpaired) electrons. The van der Waals surface area contributed by atoms with E-state index in [-0.39, 0.29) is 36.1 Å². The average Bonchev–Trinajstić information content (AvgIpc) is 3.09. The summed E-state index contributed by atoms with van der Waals surface area (Å²) in [4.78, 5) is 26.5. The van der Waals surface area contributed by atoms with E-state index in [1.54, 1.807) is 0 Å². The standard InChI is InChI=1S/C23H31N5O2.2ClH/c1-27(2)22-25-15-18-7-9-23(21(18)26-22)8-4-11-28(16-23)20(29)14-17-5-3-6-19(13-17)30-12-10-24;;/h3,5-6,13,15H,4,7-12,14,16,24H2,1-2H3;2*1H. The monoisotopic (exact) mass is 481 g/mol. The molecule has 1 amide bonds. The zero-order chi connectivity index (χ0) is 21.1. The van der Waals surface area contributed by atoms with Crippen LogP contribution in [-0.2, 0) is 23.1 Å².